The van der Waals surface area contributed by atoms with Crippen LogP contribution in [-0.2, 0) is 11.3 Å². The zero-order valence-corrected chi connectivity index (χ0v) is 11.9. The van der Waals surface area contributed by atoms with E-state index in [0.717, 1.165) is 18.5 Å². The van der Waals surface area contributed by atoms with Crippen molar-refractivity contribution in [3.63, 3.8) is 0 Å². The maximum absolute atomic E-state index is 12.2. The van der Waals surface area contributed by atoms with Gasteiger partial charge in [0.05, 0.1) is 5.54 Å². The van der Waals surface area contributed by atoms with Crippen molar-refractivity contribution >= 4 is 5.91 Å². The molecule has 1 amide bonds. The Hall–Kier alpha value is -1.35. The van der Waals surface area contributed by atoms with Crippen molar-refractivity contribution < 1.29 is 4.79 Å². The van der Waals surface area contributed by atoms with E-state index in [2.05, 4.69) is 38.1 Å². The van der Waals surface area contributed by atoms with Gasteiger partial charge in [-0.25, -0.2) is 0 Å². The van der Waals surface area contributed by atoms with Crippen molar-refractivity contribution in [1.82, 2.24) is 4.90 Å². The lowest BCUT2D eigenvalue weighted by Gasteiger charge is -2.29. The second-order valence-corrected chi connectivity index (χ2v) is 5.43. The molecule has 0 aliphatic carbocycles. The van der Waals surface area contributed by atoms with Gasteiger partial charge in [-0.2, -0.15) is 0 Å². The molecule has 0 aromatic heterocycles. The van der Waals surface area contributed by atoms with Crippen LogP contribution < -0.4 is 5.73 Å². The zero-order chi connectivity index (χ0) is 13.8. The third-order valence-electron chi connectivity index (χ3n) is 2.83. The number of rotatable bonds is 5. The topological polar surface area (TPSA) is 46.3 Å². The first kappa shape index (κ1) is 14.7. The third kappa shape index (κ3) is 4.15. The lowest BCUT2D eigenvalue weighted by atomic mass is 10.0. The summed E-state index contributed by atoms with van der Waals surface area (Å²) >= 11 is 0. The second kappa shape index (κ2) is 6.01. The number of hydrogen-bond donors (Lipinski definition) is 1. The van der Waals surface area contributed by atoms with Crippen molar-refractivity contribution in [2.24, 2.45) is 5.73 Å². The number of hydrogen-bond acceptors (Lipinski definition) is 2. The van der Waals surface area contributed by atoms with Crippen LogP contribution in [0.1, 0.15) is 38.3 Å². The molecule has 1 aromatic carbocycles. The maximum Gasteiger partial charge on any atom is 0.242 e. The molecule has 0 atom stereocenters. The minimum absolute atomic E-state index is 0.00456. The second-order valence-electron chi connectivity index (χ2n) is 5.43. The van der Waals surface area contributed by atoms with E-state index in [0.29, 0.717) is 6.54 Å². The minimum atomic E-state index is -0.806. The molecule has 100 valence electrons. The third-order valence-corrected chi connectivity index (χ3v) is 2.83. The van der Waals surface area contributed by atoms with Crippen molar-refractivity contribution in [2.75, 3.05) is 6.54 Å². The Bertz CT molecular complexity index is 390. The molecule has 0 aliphatic heterocycles. The summed E-state index contributed by atoms with van der Waals surface area (Å²) in [7, 11) is 0. The fraction of sp³-hybridized carbons (Fsp3) is 0.533. The van der Waals surface area contributed by atoms with Gasteiger partial charge in [0, 0.05) is 13.1 Å². The predicted octanol–water partition coefficient (Wildman–Crippen LogP) is 2.47. The summed E-state index contributed by atoms with van der Waals surface area (Å²) in [5.41, 5.74) is 7.46. The Morgan fingerprint density at radius 2 is 1.83 bits per heavy atom. The van der Waals surface area contributed by atoms with E-state index >= 15 is 0 Å². The highest BCUT2D eigenvalue weighted by Crippen LogP contribution is 2.11. The summed E-state index contributed by atoms with van der Waals surface area (Å²) in [6.45, 7) is 9.02. The molecule has 1 rings (SSSR count). The van der Waals surface area contributed by atoms with Gasteiger partial charge in [0.2, 0.25) is 5.91 Å². The molecule has 3 heteroatoms. The van der Waals surface area contributed by atoms with Crippen molar-refractivity contribution in [2.45, 2.75) is 46.2 Å². The molecule has 3 nitrogen and oxygen atoms in total. The van der Waals surface area contributed by atoms with Gasteiger partial charge >= 0.3 is 0 Å². The summed E-state index contributed by atoms with van der Waals surface area (Å²) in [5.74, 6) is 0.00456. The van der Waals surface area contributed by atoms with E-state index in [4.69, 9.17) is 5.73 Å². The van der Waals surface area contributed by atoms with E-state index in [1.54, 1.807) is 13.8 Å². The fourth-order valence-electron chi connectivity index (χ4n) is 1.84. The van der Waals surface area contributed by atoms with E-state index in [9.17, 15) is 4.79 Å². The van der Waals surface area contributed by atoms with Crippen molar-refractivity contribution in [3.05, 3.63) is 35.4 Å². The first-order valence-corrected chi connectivity index (χ1v) is 6.48. The van der Waals surface area contributed by atoms with Gasteiger partial charge in [0.15, 0.2) is 0 Å². The van der Waals surface area contributed by atoms with Crippen LogP contribution in [0, 0.1) is 6.92 Å². The van der Waals surface area contributed by atoms with Gasteiger partial charge < -0.3 is 10.6 Å². The summed E-state index contributed by atoms with van der Waals surface area (Å²) < 4.78 is 0. The molecule has 0 spiro atoms. The molecule has 0 aliphatic rings. The van der Waals surface area contributed by atoms with E-state index < -0.39 is 5.54 Å². The highest BCUT2D eigenvalue weighted by molar-refractivity contribution is 5.85. The molecular weight excluding hydrogens is 224 g/mol. The molecule has 0 unspecified atom stereocenters. The fourth-order valence-corrected chi connectivity index (χ4v) is 1.84. The summed E-state index contributed by atoms with van der Waals surface area (Å²) in [4.78, 5) is 14.1. The Morgan fingerprint density at radius 3 is 2.28 bits per heavy atom. The largest absolute Gasteiger partial charge is 0.337 e. The lowest BCUT2D eigenvalue weighted by Crippen LogP contribution is -2.51. The number of carbonyl (C=O) groups excluding carboxylic acids is 1. The van der Waals surface area contributed by atoms with Crippen LogP contribution in [0.2, 0.25) is 0 Å². The first-order valence-electron chi connectivity index (χ1n) is 6.48. The first-order chi connectivity index (χ1) is 8.34. The normalized spacial score (nSPS) is 11.4. The van der Waals surface area contributed by atoms with Crippen LogP contribution in [0.5, 0.6) is 0 Å². The lowest BCUT2D eigenvalue weighted by molar-refractivity contribution is -0.136. The minimum Gasteiger partial charge on any atom is -0.337 e. The smallest absolute Gasteiger partial charge is 0.242 e. The summed E-state index contributed by atoms with van der Waals surface area (Å²) in [6.07, 6.45) is 0.938. The molecule has 18 heavy (non-hydrogen) atoms. The molecule has 2 N–H and O–H groups in total. The van der Waals surface area contributed by atoms with Crippen LogP contribution in [0.15, 0.2) is 24.3 Å². The number of aryl methyl sites for hydroxylation is 1. The van der Waals surface area contributed by atoms with Gasteiger partial charge in [0.25, 0.3) is 0 Å². The van der Waals surface area contributed by atoms with E-state index in [1.807, 2.05) is 4.90 Å². The van der Waals surface area contributed by atoms with Gasteiger partial charge in [0.1, 0.15) is 0 Å². The summed E-state index contributed by atoms with van der Waals surface area (Å²) in [5, 5.41) is 0. The standard InChI is InChI=1S/C15H24N2O/c1-5-10-17(14(18)15(3,4)16)11-13-8-6-12(2)7-9-13/h6-9H,5,10-11,16H2,1-4H3. The van der Waals surface area contributed by atoms with Crippen LogP contribution in [0.4, 0.5) is 0 Å². The van der Waals surface area contributed by atoms with E-state index in [-0.39, 0.29) is 5.91 Å². The Kier molecular flexibility index (Phi) is 4.91. The SMILES string of the molecule is CCCN(Cc1ccc(C)cc1)C(=O)C(C)(C)N. The van der Waals surface area contributed by atoms with Crippen LogP contribution in [0.3, 0.4) is 0 Å². The predicted molar refractivity (Wildman–Crippen MR) is 75.2 cm³/mol. The molecular formula is C15H24N2O. The quantitative estimate of drug-likeness (QED) is 0.870. The number of benzene rings is 1. The van der Waals surface area contributed by atoms with Crippen LogP contribution in [-0.4, -0.2) is 22.9 Å². The molecule has 0 saturated heterocycles. The van der Waals surface area contributed by atoms with Crippen molar-refractivity contribution in [3.8, 4) is 0 Å². The Morgan fingerprint density at radius 1 is 1.28 bits per heavy atom. The molecule has 0 bridgehead atoms. The highest BCUT2D eigenvalue weighted by Gasteiger charge is 2.27. The average molecular weight is 248 g/mol. The van der Waals surface area contributed by atoms with Gasteiger partial charge in [-0.1, -0.05) is 36.8 Å². The number of amides is 1. The zero-order valence-electron chi connectivity index (χ0n) is 11.9. The van der Waals surface area contributed by atoms with Gasteiger partial charge in [-0.05, 0) is 32.8 Å². The number of carbonyl (C=O) groups is 1. The molecule has 0 fully saturated rings. The molecule has 0 radical (unpaired) electrons. The number of nitrogens with two attached hydrogens (primary N) is 1. The maximum atomic E-state index is 12.2. The van der Waals surface area contributed by atoms with Gasteiger partial charge in [-0.3, -0.25) is 4.79 Å². The molecule has 0 saturated carbocycles. The van der Waals surface area contributed by atoms with Crippen molar-refractivity contribution in [1.29, 1.82) is 0 Å². The monoisotopic (exact) mass is 248 g/mol. The average Bonchev–Trinajstić information content (AvgIpc) is 2.29. The van der Waals surface area contributed by atoms with Gasteiger partial charge in [-0.15, -0.1) is 0 Å². The van der Waals surface area contributed by atoms with Crippen LogP contribution in [0.25, 0.3) is 0 Å². The highest BCUT2D eigenvalue weighted by atomic mass is 16.2. The van der Waals surface area contributed by atoms with E-state index in [1.165, 1.54) is 5.56 Å². The molecule has 1 aromatic rings. The van der Waals surface area contributed by atoms with Crippen LogP contribution >= 0.6 is 0 Å². The Labute approximate surface area is 110 Å². The summed E-state index contributed by atoms with van der Waals surface area (Å²) in [6, 6.07) is 8.26. The number of nitrogens with zero attached hydrogens (tertiary/aromatic N) is 1. The molecule has 0 heterocycles. The Balaban J connectivity index is 2.80.